The molecule has 0 aromatic heterocycles. The molecule has 0 saturated heterocycles. The minimum Gasteiger partial charge on any atom is -0.465 e. The fraction of sp³-hybridized carbons (Fsp3) is 0.250. The van der Waals surface area contributed by atoms with Gasteiger partial charge in [-0.3, -0.25) is 4.79 Å². The van der Waals surface area contributed by atoms with E-state index in [0.717, 1.165) is 16.8 Å². The quantitative estimate of drug-likeness (QED) is 0.568. The highest BCUT2D eigenvalue weighted by Crippen LogP contribution is 2.37. The molecule has 2 aromatic carbocycles. The molecule has 0 unspecified atom stereocenters. The summed E-state index contributed by atoms with van der Waals surface area (Å²) in [6.07, 6.45) is 1.76. The summed E-state index contributed by atoms with van der Waals surface area (Å²) in [5.74, 6) is -0.703. The lowest BCUT2D eigenvalue weighted by molar-refractivity contribution is -0.136. The van der Waals surface area contributed by atoms with Crippen molar-refractivity contribution in [1.82, 2.24) is 4.90 Å². The van der Waals surface area contributed by atoms with Crippen LogP contribution in [0.2, 0.25) is 0 Å². The average molecular weight is 390 g/mol. The molecule has 2 aromatic rings. The number of amides is 1. The highest BCUT2D eigenvalue weighted by Gasteiger charge is 2.39. The maximum Gasteiger partial charge on any atom is 0.340 e. The van der Waals surface area contributed by atoms with E-state index in [-0.39, 0.29) is 11.9 Å². The molecular weight excluding hydrogens is 364 g/mol. The van der Waals surface area contributed by atoms with Crippen LogP contribution in [-0.2, 0) is 14.3 Å². The van der Waals surface area contributed by atoms with Gasteiger partial charge in [0, 0.05) is 25.5 Å². The second-order valence-corrected chi connectivity index (χ2v) is 7.26. The van der Waals surface area contributed by atoms with Gasteiger partial charge in [-0.25, -0.2) is 4.79 Å². The Morgan fingerprint density at radius 1 is 1.07 bits per heavy atom. The van der Waals surface area contributed by atoms with E-state index < -0.39 is 5.97 Å². The second kappa shape index (κ2) is 8.35. The predicted octanol–water partition coefficient (Wildman–Crippen LogP) is 4.19. The predicted molar refractivity (Wildman–Crippen MR) is 115 cm³/mol. The van der Waals surface area contributed by atoms with Crippen LogP contribution in [0.4, 0.5) is 5.69 Å². The Morgan fingerprint density at radius 2 is 1.69 bits per heavy atom. The maximum atomic E-state index is 13.3. The van der Waals surface area contributed by atoms with Gasteiger partial charge in [0.2, 0.25) is 0 Å². The van der Waals surface area contributed by atoms with Crippen molar-refractivity contribution in [2.75, 3.05) is 26.1 Å². The molecule has 150 valence electrons. The Hall–Kier alpha value is -3.34. The summed E-state index contributed by atoms with van der Waals surface area (Å²) >= 11 is 0. The standard InChI is InChI=1S/C24H26N2O3/c1-16(19-9-7-6-8-10-19)26-17(2)22(24(28)29-5)21(23(26)27)15-18-11-13-20(14-12-18)25(3)4/h6-16H,1-5H3/b21-15-/t16-/m0/s1. The molecule has 0 bridgehead atoms. The van der Waals surface area contributed by atoms with E-state index in [2.05, 4.69) is 0 Å². The van der Waals surface area contributed by atoms with Crippen LogP contribution in [0.5, 0.6) is 0 Å². The highest BCUT2D eigenvalue weighted by atomic mass is 16.5. The molecule has 5 nitrogen and oxygen atoms in total. The monoisotopic (exact) mass is 390 g/mol. The summed E-state index contributed by atoms with van der Waals surface area (Å²) in [4.78, 5) is 29.5. The van der Waals surface area contributed by atoms with E-state index in [1.807, 2.05) is 80.5 Å². The normalized spacial score (nSPS) is 16.4. The van der Waals surface area contributed by atoms with Gasteiger partial charge in [-0.2, -0.15) is 0 Å². The Labute approximate surface area is 171 Å². The molecule has 1 aliphatic rings. The van der Waals surface area contributed by atoms with Gasteiger partial charge in [-0.15, -0.1) is 0 Å². The van der Waals surface area contributed by atoms with E-state index in [1.54, 1.807) is 17.9 Å². The van der Waals surface area contributed by atoms with Crippen molar-refractivity contribution in [2.24, 2.45) is 0 Å². The van der Waals surface area contributed by atoms with Crippen LogP contribution < -0.4 is 4.90 Å². The largest absolute Gasteiger partial charge is 0.465 e. The van der Waals surface area contributed by atoms with Gasteiger partial charge in [0.25, 0.3) is 5.91 Å². The zero-order valence-corrected chi connectivity index (χ0v) is 17.5. The molecule has 0 radical (unpaired) electrons. The number of carbonyl (C=O) groups excluding carboxylic acids is 2. The first-order valence-electron chi connectivity index (χ1n) is 9.52. The molecule has 0 fully saturated rings. The van der Waals surface area contributed by atoms with Gasteiger partial charge in [0.05, 0.1) is 24.3 Å². The Balaban J connectivity index is 2.04. The van der Waals surface area contributed by atoms with Crippen molar-refractivity contribution in [1.29, 1.82) is 0 Å². The van der Waals surface area contributed by atoms with Crippen LogP contribution in [0, 0.1) is 0 Å². The van der Waals surface area contributed by atoms with E-state index >= 15 is 0 Å². The molecule has 0 N–H and O–H groups in total. The number of benzene rings is 2. The van der Waals surface area contributed by atoms with Crippen molar-refractivity contribution >= 4 is 23.6 Å². The lowest BCUT2D eigenvalue weighted by atomic mass is 10.0. The first kappa shape index (κ1) is 20.4. The molecule has 1 atom stereocenters. The average Bonchev–Trinajstić information content (AvgIpc) is 2.97. The van der Waals surface area contributed by atoms with Crippen molar-refractivity contribution in [3.05, 3.63) is 82.6 Å². The van der Waals surface area contributed by atoms with E-state index in [0.29, 0.717) is 16.8 Å². The summed E-state index contributed by atoms with van der Waals surface area (Å²) < 4.78 is 4.98. The van der Waals surface area contributed by atoms with Crippen LogP contribution in [0.25, 0.3) is 6.08 Å². The number of carbonyl (C=O) groups is 2. The molecule has 0 aliphatic carbocycles. The Morgan fingerprint density at radius 3 is 2.24 bits per heavy atom. The zero-order chi connectivity index (χ0) is 21.1. The number of anilines is 1. The van der Waals surface area contributed by atoms with Crippen LogP contribution in [0.3, 0.4) is 0 Å². The summed E-state index contributed by atoms with van der Waals surface area (Å²) in [7, 11) is 5.27. The minimum atomic E-state index is -0.505. The number of nitrogens with zero attached hydrogens (tertiary/aromatic N) is 2. The Kier molecular flexibility index (Phi) is 5.87. The molecule has 0 saturated carbocycles. The number of rotatable bonds is 5. The molecule has 0 spiro atoms. The van der Waals surface area contributed by atoms with Gasteiger partial charge in [-0.05, 0) is 43.2 Å². The summed E-state index contributed by atoms with van der Waals surface area (Å²) in [5, 5.41) is 0. The summed E-state index contributed by atoms with van der Waals surface area (Å²) in [5.41, 5.74) is 4.19. The van der Waals surface area contributed by atoms with Gasteiger partial charge >= 0.3 is 5.97 Å². The molecular formula is C24H26N2O3. The molecule has 1 amide bonds. The third-order valence-electron chi connectivity index (χ3n) is 5.22. The number of esters is 1. The maximum absolute atomic E-state index is 13.3. The van der Waals surface area contributed by atoms with Crippen LogP contribution >= 0.6 is 0 Å². The Bertz CT molecular complexity index is 973. The first-order valence-corrected chi connectivity index (χ1v) is 9.52. The SMILES string of the molecule is COC(=O)C1=C(C)N([C@@H](C)c2ccccc2)C(=O)/C1=C\c1ccc(N(C)C)cc1. The number of allylic oxidation sites excluding steroid dienone is 1. The molecule has 1 heterocycles. The van der Waals surface area contributed by atoms with Crippen molar-refractivity contribution in [2.45, 2.75) is 19.9 Å². The zero-order valence-electron chi connectivity index (χ0n) is 17.5. The van der Waals surface area contributed by atoms with E-state index in [9.17, 15) is 9.59 Å². The van der Waals surface area contributed by atoms with Crippen LogP contribution in [0.15, 0.2) is 71.4 Å². The third-order valence-corrected chi connectivity index (χ3v) is 5.22. The second-order valence-electron chi connectivity index (χ2n) is 7.26. The number of hydrogen-bond acceptors (Lipinski definition) is 4. The number of hydrogen-bond donors (Lipinski definition) is 0. The molecule has 3 rings (SSSR count). The number of methoxy groups -OCH3 is 1. The summed E-state index contributed by atoms with van der Waals surface area (Å²) in [6, 6.07) is 17.4. The van der Waals surface area contributed by atoms with Crippen molar-refractivity contribution in [3.8, 4) is 0 Å². The van der Waals surface area contributed by atoms with Gasteiger partial charge in [-0.1, -0.05) is 42.5 Å². The molecule has 29 heavy (non-hydrogen) atoms. The summed E-state index contributed by atoms with van der Waals surface area (Å²) in [6.45, 7) is 3.75. The fourth-order valence-electron chi connectivity index (χ4n) is 3.58. The smallest absolute Gasteiger partial charge is 0.340 e. The third kappa shape index (κ3) is 3.94. The van der Waals surface area contributed by atoms with Crippen molar-refractivity contribution in [3.63, 3.8) is 0 Å². The van der Waals surface area contributed by atoms with Gasteiger partial charge < -0.3 is 14.5 Å². The molecule has 5 heteroatoms. The molecule has 1 aliphatic heterocycles. The lowest BCUT2D eigenvalue weighted by Crippen LogP contribution is -2.28. The van der Waals surface area contributed by atoms with Crippen LogP contribution in [-0.4, -0.2) is 38.0 Å². The highest BCUT2D eigenvalue weighted by molar-refractivity contribution is 6.16. The van der Waals surface area contributed by atoms with Gasteiger partial charge in [0.1, 0.15) is 0 Å². The van der Waals surface area contributed by atoms with Gasteiger partial charge in [0.15, 0.2) is 0 Å². The minimum absolute atomic E-state index is 0.198. The fourth-order valence-corrected chi connectivity index (χ4v) is 3.58. The van der Waals surface area contributed by atoms with Crippen molar-refractivity contribution < 1.29 is 14.3 Å². The lowest BCUT2D eigenvalue weighted by Gasteiger charge is -2.26. The van der Waals surface area contributed by atoms with Crippen LogP contribution in [0.1, 0.15) is 31.0 Å². The van der Waals surface area contributed by atoms with E-state index in [1.165, 1.54) is 7.11 Å². The first-order chi connectivity index (χ1) is 13.8. The van der Waals surface area contributed by atoms with E-state index in [4.69, 9.17) is 4.74 Å². The number of ether oxygens (including phenoxy) is 1. The topological polar surface area (TPSA) is 49.9 Å².